The highest BCUT2D eigenvalue weighted by atomic mass is 16.6. The Bertz CT molecular complexity index is 459. The van der Waals surface area contributed by atoms with Gasteiger partial charge in [-0.15, -0.1) is 0 Å². The summed E-state index contributed by atoms with van der Waals surface area (Å²) in [6.45, 7) is 7.52. The molecular weight excluding hydrogens is 292 g/mol. The molecule has 0 radical (unpaired) electrons. The second kappa shape index (κ2) is 9.47. The van der Waals surface area contributed by atoms with Gasteiger partial charge in [0.25, 0.3) is 0 Å². The van der Waals surface area contributed by atoms with Crippen LogP contribution < -0.4 is 11.1 Å². The Kier molecular flexibility index (Phi) is 7.98. The van der Waals surface area contributed by atoms with Gasteiger partial charge in [-0.25, -0.2) is 4.79 Å². The van der Waals surface area contributed by atoms with E-state index in [1.54, 1.807) is 6.20 Å². The smallest absolute Gasteiger partial charge is 0.407 e. The van der Waals surface area contributed by atoms with Crippen molar-refractivity contribution in [1.82, 2.24) is 15.2 Å². The summed E-state index contributed by atoms with van der Waals surface area (Å²) in [6.07, 6.45) is 3.09. The van der Waals surface area contributed by atoms with E-state index in [2.05, 4.69) is 15.2 Å². The number of likely N-dealkylation sites (N-methyl/N-ethyl adjacent to an activating group) is 1. The summed E-state index contributed by atoms with van der Waals surface area (Å²) < 4.78 is 5.22. The highest BCUT2D eigenvalue weighted by Gasteiger charge is 2.17. The number of carbonyl (C=O) groups excluding carboxylic acids is 1. The van der Waals surface area contributed by atoms with E-state index in [0.717, 1.165) is 25.1 Å². The van der Waals surface area contributed by atoms with Crippen LogP contribution >= 0.6 is 0 Å². The van der Waals surface area contributed by atoms with Crippen LogP contribution in [0.4, 0.5) is 4.79 Å². The molecule has 1 aromatic heterocycles. The third-order valence-corrected chi connectivity index (χ3v) is 3.49. The lowest BCUT2D eigenvalue weighted by atomic mass is 10.1. The number of carbonyl (C=O) groups is 1. The molecule has 0 saturated carbocycles. The molecule has 0 aliphatic carbocycles. The molecule has 0 bridgehead atoms. The van der Waals surface area contributed by atoms with Crippen LogP contribution in [0.3, 0.4) is 0 Å². The van der Waals surface area contributed by atoms with Gasteiger partial charge in [-0.1, -0.05) is 6.07 Å². The minimum atomic E-state index is -0.475. The molecule has 1 amide bonds. The fraction of sp³-hybridized carbons (Fsp3) is 0.647. The number of nitrogens with two attached hydrogens (primary N) is 1. The number of hydrogen-bond acceptors (Lipinski definition) is 5. The summed E-state index contributed by atoms with van der Waals surface area (Å²) >= 11 is 0. The van der Waals surface area contributed by atoms with Crippen molar-refractivity contribution in [2.24, 2.45) is 5.73 Å². The number of hydrogen-bond donors (Lipinski definition) is 2. The maximum absolute atomic E-state index is 11.6. The molecule has 1 heterocycles. The Balaban J connectivity index is 2.31. The number of pyridine rings is 1. The van der Waals surface area contributed by atoms with Crippen LogP contribution in [-0.2, 0) is 11.2 Å². The summed E-state index contributed by atoms with van der Waals surface area (Å²) in [4.78, 5) is 18.2. The molecule has 1 rings (SSSR count). The first-order valence-electron chi connectivity index (χ1n) is 8.09. The van der Waals surface area contributed by atoms with E-state index in [0.29, 0.717) is 13.1 Å². The van der Waals surface area contributed by atoms with Crippen LogP contribution in [0.15, 0.2) is 24.4 Å². The minimum absolute atomic E-state index is 0.216. The highest BCUT2D eigenvalue weighted by molar-refractivity contribution is 5.67. The highest BCUT2D eigenvalue weighted by Crippen LogP contribution is 2.07. The number of ether oxygens (including phenoxy) is 1. The van der Waals surface area contributed by atoms with E-state index >= 15 is 0 Å². The molecule has 0 aliphatic rings. The van der Waals surface area contributed by atoms with Crippen molar-refractivity contribution >= 4 is 6.09 Å². The third-order valence-electron chi connectivity index (χ3n) is 3.49. The fourth-order valence-corrected chi connectivity index (χ4v) is 2.19. The second-order valence-electron chi connectivity index (χ2n) is 6.66. The second-order valence-corrected chi connectivity index (χ2v) is 6.66. The molecule has 3 N–H and O–H groups in total. The number of rotatable bonds is 8. The van der Waals surface area contributed by atoms with Crippen LogP contribution in [-0.4, -0.2) is 54.3 Å². The van der Waals surface area contributed by atoms with E-state index in [4.69, 9.17) is 10.5 Å². The standard InChI is InChI=1S/C17H30N4O2/c1-17(2,3)23-16(22)20-11-8-15(13-18)21(4)12-9-14-7-5-6-10-19-14/h5-7,10,15H,8-9,11-13,18H2,1-4H3,(H,20,22). The molecule has 130 valence electrons. The van der Waals surface area contributed by atoms with Crippen LogP contribution in [0.25, 0.3) is 0 Å². The number of amides is 1. The van der Waals surface area contributed by atoms with Gasteiger partial charge in [0.1, 0.15) is 5.60 Å². The molecule has 0 aromatic carbocycles. The Morgan fingerprint density at radius 1 is 1.43 bits per heavy atom. The molecule has 0 spiro atoms. The lowest BCUT2D eigenvalue weighted by molar-refractivity contribution is 0.0523. The molecule has 6 heteroatoms. The Morgan fingerprint density at radius 2 is 2.17 bits per heavy atom. The Hall–Kier alpha value is -1.66. The fourth-order valence-electron chi connectivity index (χ4n) is 2.19. The summed E-state index contributed by atoms with van der Waals surface area (Å²) in [5, 5.41) is 2.78. The zero-order valence-electron chi connectivity index (χ0n) is 14.7. The van der Waals surface area contributed by atoms with Crippen molar-refractivity contribution in [3.63, 3.8) is 0 Å². The van der Waals surface area contributed by atoms with Crippen molar-refractivity contribution in [3.05, 3.63) is 30.1 Å². The van der Waals surface area contributed by atoms with E-state index in [-0.39, 0.29) is 12.1 Å². The summed E-state index contributed by atoms with van der Waals surface area (Å²) in [7, 11) is 2.05. The number of alkyl carbamates (subject to hydrolysis) is 1. The monoisotopic (exact) mass is 322 g/mol. The number of nitrogens with one attached hydrogen (secondary N) is 1. The molecule has 0 saturated heterocycles. The largest absolute Gasteiger partial charge is 0.444 e. The Labute approximate surface area is 139 Å². The van der Waals surface area contributed by atoms with Crippen LogP contribution in [0.1, 0.15) is 32.9 Å². The van der Waals surface area contributed by atoms with Gasteiger partial charge in [0.05, 0.1) is 0 Å². The first-order valence-corrected chi connectivity index (χ1v) is 8.09. The zero-order chi connectivity index (χ0) is 17.3. The van der Waals surface area contributed by atoms with Gasteiger partial charge >= 0.3 is 6.09 Å². The van der Waals surface area contributed by atoms with E-state index in [1.807, 2.05) is 46.0 Å². The van der Waals surface area contributed by atoms with E-state index < -0.39 is 5.60 Å². The van der Waals surface area contributed by atoms with Gasteiger partial charge < -0.3 is 20.7 Å². The predicted octanol–water partition coefficient (Wildman–Crippen LogP) is 1.80. The maximum atomic E-state index is 11.6. The van der Waals surface area contributed by atoms with Crippen molar-refractivity contribution in [1.29, 1.82) is 0 Å². The van der Waals surface area contributed by atoms with Gasteiger partial charge in [-0.2, -0.15) is 0 Å². The molecule has 1 atom stereocenters. The molecule has 6 nitrogen and oxygen atoms in total. The average Bonchev–Trinajstić information content (AvgIpc) is 2.48. The van der Waals surface area contributed by atoms with Crippen molar-refractivity contribution < 1.29 is 9.53 Å². The quantitative estimate of drug-likeness (QED) is 0.763. The Morgan fingerprint density at radius 3 is 2.74 bits per heavy atom. The predicted molar refractivity (Wildman–Crippen MR) is 92.3 cm³/mol. The molecular formula is C17H30N4O2. The topological polar surface area (TPSA) is 80.5 Å². The molecule has 0 aliphatic heterocycles. The van der Waals surface area contributed by atoms with Gasteiger partial charge in [0.2, 0.25) is 0 Å². The number of aromatic nitrogens is 1. The van der Waals surface area contributed by atoms with Gasteiger partial charge in [-0.3, -0.25) is 4.98 Å². The maximum Gasteiger partial charge on any atom is 0.407 e. The SMILES string of the molecule is CN(CCc1ccccn1)C(CN)CCNC(=O)OC(C)(C)C. The first-order chi connectivity index (χ1) is 10.8. The molecule has 1 unspecified atom stereocenters. The average molecular weight is 322 g/mol. The number of nitrogens with zero attached hydrogens (tertiary/aromatic N) is 2. The van der Waals surface area contributed by atoms with Crippen molar-refractivity contribution in [3.8, 4) is 0 Å². The summed E-state index contributed by atoms with van der Waals surface area (Å²) in [5.74, 6) is 0. The first kappa shape index (κ1) is 19.4. The summed E-state index contributed by atoms with van der Waals surface area (Å²) in [6, 6.07) is 6.15. The van der Waals surface area contributed by atoms with Crippen LogP contribution in [0, 0.1) is 0 Å². The van der Waals surface area contributed by atoms with Gasteiger partial charge in [-0.05, 0) is 46.4 Å². The third kappa shape index (κ3) is 8.52. The van der Waals surface area contributed by atoms with Gasteiger partial charge in [0, 0.05) is 44.0 Å². The lowest BCUT2D eigenvalue weighted by Crippen LogP contribution is -2.42. The summed E-state index contributed by atoms with van der Waals surface area (Å²) in [5.41, 5.74) is 6.46. The normalized spacial score (nSPS) is 13.0. The van der Waals surface area contributed by atoms with Gasteiger partial charge in [0.15, 0.2) is 0 Å². The molecule has 1 aromatic rings. The van der Waals surface area contributed by atoms with E-state index in [1.165, 1.54) is 0 Å². The van der Waals surface area contributed by atoms with Crippen molar-refractivity contribution in [2.75, 3.05) is 26.7 Å². The molecule has 23 heavy (non-hydrogen) atoms. The molecule has 0 fully saturated rings. The lowest BCUT2D eigenvalue weighted by Gasteiger charge is -2.27. The minimum Gasteiger partial charge on any atom is -0.444 e. The van der Waals surface area contributed by atoms with Crippen molar-refractivity contribution in [2.45, 2.75) is 45.3 Å². The van der Waals surface area contributed by atoms with E-state index in [9.17, 15) is 4.79 Å². The van der Waals surface area contributed by atoms with Crippen LogP contribution in [0.2, 0.25) is 0 Å². The zero-order valence-corrected chi connectivity index (χ0v) is 14.7. The van der Waals surface area contributed by atoms with Crippen LogP contribution in [0.5, 0.6) is 0 Å².